The van der Waals surface area contributed by atoms with Gasteiger partial charge < -0.3 is 20.7 Å². The molecule has 3 N–H and O–H groups in total. The van der Waals surface area contributed by atoms with Crippen LogP contribution in [0.2, 0.25) is 0 Å². The number of nitrogens with one attached hydrogen (secondary N) is 1. The fourth-order valence-electron chi connectivity index (χ4n) is 8.15. The van der Waals surface area contributed by atoms with Crippen LogP contribution in [-0.4, -0.2) is 81.4 Å². The number of thiazole rings is 1. The molecule has 43 heavy (non-hydrogen) atoms. The number of alkyl halides is 1. The Morgan fingerprint density at radius 3 is 2.70 bits per heavy atom. The fourth-order valence-corrected chi connectivity index (χ4v) is 8.91. The number of fused-ring (bicyclic) bond motifs is 5. The highest BCUT2D eigenvalue weighted by Gasteiger charge is 2.49. The summed E-state index contributed by atoms with van der Waals surface area (Å²) in [6.45, 7) is 3.55. The Kier molecular flexibility index (Phi) is 5.87. The molecule has 224 valence electrons. The van der Waals surface area contributed by atoms with Gasteiger partial charge in [0.2, 0.25) is 0 Å². The minimum atomic E-state index is -0.826. The van der Waals surface area contributed by atoms with Crippen LogP contribution in [0.5, 0.6) is 6.01 Å². The van der Waals surface area contributed by atoms with E-state index in [9.17, 15) is 8.78 Å². The highest BCUT2D eigenvalue weighted by molar-refractivity contribution is 7.22. The van der Waals surface area contributed by atoms with Crippen molar-refractivity contribution in [1.29, 1.82) is 0 Å². The molecule has 3 aromatic heterocycles. The lowest BCUT2D eigenvalue weighted by Crippen LogP contribution is -2.52. The molecule has 4 aromatic rings. The summed E-state index contributed by atoms with van der Waals surface area (Å²) in [6.07, 6.45) is 5.94. The van der Waals surface area contributed by atoms with Gasteiger partial charge in [-0.15, -0.1) is 0 Å². The highest BCUT2D eigenvalue weighted by atomic mass is 32.1. The number of rotatable bonds is 6. The van der Waals surface area contributed by atoms with E-state index >= 15 is 0 Å². The molecule has 9 nitrogen and oxygen atoms in total. The Morgan fingerprint density at radius 2 is 1.88 bits per heavy atom. The fraction of sp³-hybridized carbons (Fsp3) is 0.548. The van der Waals surface area contributed by atoms with E-state index in [1.54, 1.807) is 6.07 Å². The Hall–Kier alpha value is -3.22. The maximum absolute atomic E-state index is 14.8. The first kappa shape index (κ1) is 26.2. The zero-order chi connectivity index (χ0) is 28.9. The van der Waals surface area contributed by atoms with E-state index in [4.69, 9.17) is 25.4 Å². The minimum Gasteiger partial charge on any atom is -0.461 e. The zero-order valence-electron chi connectivity index (χ0n) is 23.9. The van der Waals surface area contributed by atoms with E-state index in [1.807, 2.05) is 0 Å². The summed E-state index contributed by atoms with van der Waals surface area (Å²) in [5, 5.41) is 3.90. The molecule has 1 saturated carbocycles. The van der Waals surface area contributed by atoms with Crippen molar-refractivity contribution in [2.45, 2.75) is 74.7 Å². The Morgan fingerprint density at radius 1 is 1.05 bits per heavy atom. The van der Waals surface area contributed by atoms with Gasteiger partial charge in [-0.2, -0.15) is 9.97 Å². The predicted octanol–water partition coefficient (Wildman–Crippen LogP) is 4.80. The highest BCUT2D eigenvalue weighted by Crippen LogP contribution is 2.47. The van der Waals surface area contributed by atoms with Crippen molar-refractivity contribution in [2.24, 2.45) is 0 Å². The van der Waals surface area contributed by atoms with Gasteiger partial charge in [0, 0.05) is 55.2 Å². The van der Waals surface area contributed by atoms with E-state index in [-0.39, 0.29) is 11.4 Å². The van der Waals surface area contributed by atoms with Crippen molar-refractivity contribution in [3.05, 3.63) is 29.7 Å². The lowest BCUT2D eigenvalue weighted by molar-refractivity contribution is 0.107. The standard InChI is InChI=1S/C31H34F2N8OS/c32-17-11-31(8-1-9-40(31)14-17)15-42-30-36-23-10-21(20-6-7-22(33)27-25(20)38-29(34)43-27)24(16-2-3-16)37-26(23)28(39-30)41-18-4-5-19(41)13-35-12-18/h6-7,10,16-19,35H,1-5,8-9,11-15H2,(H2,34,38)/t17-,18?,19?,31+/m1/s1. The number of hydrogen-bond donors (Lipinski definition) is 2. The van der Waals surface area contributed by atoms with E-state index in [0.717, 1.165) is 97.7 Å². The van der Waals surface area contributed by atoms with Crippen molar-refractivity contribution in [3.63, 3.8) is 0 Å². The van der Waals surface area contributed by atoms with E-state index in [1.165, 1.54) is 6.07 Å². The summed E-state index contributed by atoms with van der Waals surface area (Å²) in [6, 6.07) is 6.29. The van der Waals surface area contributed by atoms with Crippen LogP contribution < -0.4 is 20.7 Å². The molecule has 5 aliphatic rings. The van der Waals surface area contributed by atoms with Gasteiger partial charge in [-0.05, 0) is 63.3 Å². The third kappa shape index (κ3) is 4.20. The monoisotopic (exact) mass is 604 g/mol. The summed E-state index contributed by atoms with van der Waals surface area (Å²) < 4.78 is 36.1. The molecule has 0 radical (unpaired) electrons. The van der Waals surface area contributed by atoms with Crippen molar-refractivity contribution < 1.29 is 13.5 Å². The molecule has 2 bridgehead atoms. The predicted molar refractivity (Wildman–Crippen MR) is 163 cm³/mol. The number of nitrogens with two attached hydrogens (primary N) is 1. The number of nitrogen functional groups attached to an aromatic ring is 1. The van der Waals surface area contributed by atoms with Gasteiger partial charge in [0.05, 0.1) is 27.0 Å². The molecule has 9 rings (SSSR count). The molecule has 0 amide bonds. The molecule has 4 saturated heterocycles. The quantitative estimate of drug-likeness (QED) is 0.321. The summed E-state index contributed by atoms with van der Waals surface area (Å²) in [5.41, 5.74) is 10.5. The molecule has 0 spiro atoms. The summed E-state index contributed by atoms with van der Waals surface area (Å²) in [4.78, 5) is 24.5. The second-order valence-corrected chi connectivity index (χ2v) is 14.1. The van der Waals surface area contributed by atoms with Crippen LogP contribution in [0.15, 0.2) is 18.2 Å². The second kappa shape index (κ2) is 9.64. The van der Waals surface area contributed by atoms with Crippen molar-refractivity contribution in [2.75, 3.05) is 43.4 Å². The average molecular weight is 605 g/mol. The van der Waals surface area contributed by atoms with Gasteiger partial charge in [0.25, 0.3) is 0 Å². The van der Waals surface area contributed by atoms with Gasteiger partial charge in [-0.25, -0.2) is 18.7 Å². The molecule has 12 heteroatoms. The smallest absolute Gasteiger partial charge is 0.319 e. The number of benzene rings is 1. The maximum Gasteiger partial charge on any atom is 0.319 e. The number of pyridine rings is 1. The molecule has 7 heterocycles. The van der Waals surface area contributed by atoms with Gasteiger partial charge in [-0.1, -0.05) is 11.3 Å². The number of ether oxygens (including phenoxy) is 1. The van der Waals surface area contributed by atoms with Crippen LogP contribution in [-0.2, 0) is 0 Å². The zero-order valence-corrected chi connectivity index (χ0v) is 24.7. The molecular weight excluding hydrogens is 570 g/mol. The molecule has 2 unspecified atom stereocenters. The topological polar surface area (TPSA) is 105 Å². The molecule has 5 fully saturated rings. The van der Waals surface area contributed by atoms with Gasteiger partial charge in [0.15, 0.2) is 10.9 Å². The number of piperazine rings is 1. The number of hydrogen-bond acceptors (Lipinski definition) is 10. The molecule has 4 atom stereocenters. The first-order valence-corrected chi connectivity index (χ1v) is 16.4. The van der Waals surface area contributed by atoms with Crippen LogP contribution in [0, 0.1) is 5.82 Å². The van der Waals surface area contributed by atoms with Gasteiger partial charge in [-0.3, -0.25) is 4.90 Å². The lowest BCUT2D eigenvalue weighted by Gasteiger charge is -2.36. The number of halogens is 2. The number of anilines is 2. The van der Waals surface area contributed by atoms with Crippen LogP contribution in [0.1, 0.15) is 56.6 Å². The Labute approximate surface area is 251 Å². The van der Waals surface area contributed by atoms with Gasteiger partial charge in [0.1, 0.15) is 24.1 Å². The molecular formula is C31H34F2N8OS. The number of nitrogens with zero attached hydrogens (tertiary/aromatic N) is 6. The van der Waals surface area contributed by atoms with Crippen molar-refractivity contribution >= 4 is 43.5 Å². The molecule has 1 aliphatic carbocycles. The summed E-state index contributed by atoms with van der Waals surface area (Å²) in [5.74, 6) is 0.814. The first-order chi connectivity index (χ1) is 21.0. The SMILES string of the molecule is Nc1nc2c(-c3cc4nc(OC[C@@]56CCCN5C[C@H](F)C6)nc(N5C6CCC5CNC6)c4nc3C3CC3)ccc(F)c2s1. The average Bonchev–Trinajstić information content (AvgIpc) is 3.45. The molecule has 4 aliphatic heterocycles. The molecule has 1 aromatic carbocycles. The Bertz CT molecular complexity index is 1750. The Balaban J connectivity index is 1.20. The lowest BCUT2D eigenvalue weighted by atomic mass is 9.95. The largest absolute Gasteiger partial charge is 0.461 e. The maximum atomic E-state index is 14.8. The third-order valence-corrected chi connectivity index (χ3v) is 11.2. The third-order valence-electron chi connectivity index (χ3n) is 10.3. The first-order valence-electron chi connectivity index (χ1n) is 15.5. The van der Waals surface area contributed by atoms with Crippen molar-refractivity contribution in [1.82, 2.24) is 30.2 Å². The van der Waals surface area contributed by atoms with Gasteiger partial charge >= 0.3 is 6.01 Å². The van der Waals surface area contributed by atoms with Crippen LogP contribution in [0.25, 0.3) is 32.4 Å². The van der Waals surface area contributed by atoms with Crippen molar-refractivity contribution in [3.8, 4) is 17.1 Å². The second-order valence-electron chi connectivity index (χ2n) is 13.0. The summed E-state index contributed by atoms with van der Waals surface area (Å²) in [7, 11) is 0. The van der Waals surface area contributed by atoms with Crippen LogP contribution in [0.4, 0.5) is 19.7 Å². The normalized spacial score (nSPS) is 28.8. The summed E-state index contributed by atoms with van der Waals surface area (Å²) >= 11 is 1.16. The van der Waals surface area contributed by atoms with E-state index in [2.05, 4.69) is 26.2 Å². The van der Waals surface area contributed by atoms with E-state index < -0.39 is 6.17 Å². The number of aromatic nitrogens is 4. The van der Waals surface area contributed by atoms with E-state index in [0.29, 0.717) is 64.4 Å². The minimum absolute atomic E-state index is 0.296. The van der Waals surface area contributed by atoms with Crippen LogP contribution in [0.3, 0.4) is 0 Å². The van der Waals surface area contributed by atoms with Crippen LogP contribution >= 0.6 is 11.3 Å².